The molecule has 0 bridgehead atoms. The zero-order chi connectivity index (χ0) is 11.5. The van der Waals surface area contributed by atoms with Gasteiger partial charge in [0.05, 0.1) is 13.3 Å². The number of pyridine rings is 1. The quantitative estimate of drug-likeness (QED) is 0.754. The lowest BCUT2D eigenvalue weighted by Crippen LogP contribution is -2.45. The van der Waals surface area contributed by atoms with Gasteiger partial charge in [0.25, 0.3) is 0 Å². The number of nitrogens with one attached hydrogen (secondary N) is 1. The lowest BCUT2D eigenvalue weighted by molar-refractivity contribution is -0.148. The van der Waals surface area contributed by atoms with Crippen LogP contribution >= 0.6 is 0 Å². The van der Waals surface area contributed by atoms with Gasteiger partial charge in [-0.3, -0.25) is 4.98 Å². The average molecular weight is 212 g/mol. The summed E-state index contributed by atoms with van der Waals surface area (Å²) in [4.78, 5) is 15.2. The molecule has 15 heavy (non-hydrogen) atoms. The van der Waals surface area contributed by atoms with Gasteiger partial charge < -0.3 is 10.1 Å². The topological polar surface area (TPSA) is 51.2 Å². The van der Waals surface area contributed by atoms with Gasteiger partial charge >= 0.3 is 5.97 Å². The van der Waals surface area contributed by atoms with Crippen LogP contribution < -0.4 is 5.32 Å². The maximum absolute atomic E-state index is 13.0. The molecule has 0 radical (unpaired) electrons. The highest BCUT2D eigenvalue weighted by molar-refractivity contribution is 5.81. The zero-order valence-electron chi connectivity index (χ0n) is 8.87. The van der Waals surface area contributed by atoms with Crippen LogP contribution in [0, 0.1) is 5.82 Å². The first-order valence-electron chi connectivity index (χ1n) is 4.43. The standard InChI is InChI=1S/C10H13FN2O2/c1-10(12-2,9(14)15-3)7-4-8(11)6-13-5-7/h4-6,12H,1-3H3. The normalized spacial score (nSPS) is 14.4. The number of nitrogens with zero attached hydrogens (tertiary/aromatic N) is 1. The Morgan fingerprint density at radius 1 is 1.60 bits per heavy atom. The Labute approximate surface area is 87.5 Å². The van der Waals surface area contributed by atoms with E-state index in [1.807, 2.05) is 0 Å². The van der Waals surface area contributed by atoms with Crippen molar-refractivity contribution in [3.63, 3.8) is 0 Å². The molecule has 0 aliphatic rings. The molecule has 0 aliphatic heterocycles. The Balaban J connectivity index is 3.16. The minimum Gasteiger partial charge on any atom is -0.467 e. The maximum atomic E-state index is 13.0. The van der Waals surface area contributed by atoms with Gasteiger partial charge in [-0.25, -0.2) is 9.18 Å². The minimum atomic E-state index is -1.08. The molecule has 1 N–H and O–H groups in total. The molecule has 0 aromatic carbocycles. The largest absolute Gasteiger partial charge is 0.467 e. The number of likely N-dealkylation sites (N-methyl/N-ethyl adjacent to an activating group) is 1. The summed E-state index contributed by atoms with van der Waals surface area (Å²) in [5, 5.41) is 2.79. The number of hydrogen-bond donors (Lipinski definition) is 1. The third kappa shape index (κ3) is 2.12. The van der Waals surface area contributed by atoms with E-state index in [4.69, 9.17) is 0 Å². The predicted molar refractivity (Wildman–Crippen MR) is 52.6 cm³/mol. The van der Waals surface area contributed by atoms with E-state index in [-0.39, 0.29) is 0 Å². The van der Waals surface area contributed by atoms with Gasteiger partial charge in [-0.2, -0.15) is 0 Å². The van der Waals surface area contributed by atoms with Gasteiger partial charge in [-0.15, -0.1) is 0 Å². The summed E-state index contributed by atoms with van der Waals surface area (Å²) < 4.78 is 17.6. The molecule has 1 rings (SSSR count). The summed E-state index contributed by atoms with van der Waals surface area (Å²) in [6.07, 6.45) is 2.51. The number of methoxy groups -OCH3 is 1. The molecule has 1 aromatic rings. The monoisotopic (exact) mass is 212 g/mol. The molecular weight excluding hydrogens is 199 g/mol. The minimum absolute atomic E-state index is 0.428. The Bertz CT molecular complexity index is 370. The van der Waals surface area contributed by atoms with Crippen molar-refractivity contribution in [2.24, 2.45) is 0 Å². The Kier molecular flexibility index (Phi) is 3.36. The van der Waals surface area contributed by atoms with Crippen molar-refractivity contribution in [3.05, 3.63) is 29.8 Å². The van der Waals surface area contributed by atoms with E-state index in [9.17, 15) is 9.18 Å². The van der Waals surface area contributed by atoms with Crippen LogP contribution in [0.1, 0.15) is 12.5 Å². The summed E-state index contributed by atoms with van der Waals surface area (Å²) in [5.41, 5.74) is -0.652. The van der Waals surface area contributed by atoms with Crippen molar-refractivity contribution in [1.82, 2.24) is 10.3 Å². The van der Waals surface area contributed by atoms with Crippen LogP contribution in [0.3, 0.4) is 0 Å². The van der Waals surface area contributed by atoms with E-state index in [2.05, 4.69) is 15.0 Å². The lowest BCUT2D eigenvalue weighted by Gasteiger charge is -2.26. The molecule has 82 valence electrons. The molecule has 1 heterocycles. The van der Waals surface area contributed by atoms with E-state index >= 15 is 0 Å². The molecule has 5 heteroatoms. The molecule has 0 aliphatic carbocycles. The third-order valence-electron chi connectivity index (χ3n) is 2.38. The number of esters is 1. The van der Waals surface area contributed by atoms with E-state index in [0.29, 0.717) is 5.56 Å². The van der Waals surface area contributed by atoms with E-state index < -0.39 is 17.3 Å². The SMILES string of the molecule is CNC(C)(C(=O)OC)c1cncc(F)c1. The van der Waals surface area contributed by atoms with Crippen LogP contribution in [0.5, 0.6) is 0 Å². The Morgan fingerprint density at radius 2 is 2.27 bits per heavy atom. The molecule has 0 fully saturated rings. The summed E-state index contributed by atoms with van der Waals surface area (Å²) in [5.74, 6) is -0.977. The van der Waals surface area contributed by atoms with Crippen LogP contribution in [0.2, 0.25) is 0 Å². The highest BCUT2D eigenvalue weighted by Crippen LogP contribution is 2.21. The van der Waals surface area contributed by atoms with E-state index in [0.717, 1.165) is 6.20 Å². The zero-order valence-corrected chi connectivity index (χ0v) is 8.87. The molecular formula is C10H13FN2O2. The van der Waals surface area contributed by atoms with Crippen LogP contribution in [0.25, 0.3) is 0 Å². The highest BCUT2D eigenvalue weighted by atomic mass is 19.1. The second-order valence-electron chi connectivity index (χ2n) is 3.26. The van der Waals surface area contributed by atoms with Gasteiger partial charge in [0, 0.05) is 11.8 Å². The lowest BCUT2D eigenvalue weighted by atomic mass is 9.94. The Hall–Kier alpha value is -1.49. The van der Waals surface area contributed by atoms with Gasteiger partial charge in [0.2, 0.25) is 0 Å². The Morgan fingerprint density at radius 3 is 2.73 bits per heavy atom. The first-order valence-corrected chi connectivity index (χ1v) is 4.43. The van der Waals surface area contributed by atoms with Crippen molar-refractivity contribution < 1.29 is 13.9 Å². The third-order valence-corrected chi connectivity index (χ3v) is 2.38. The highest BCUT2D eigenvalue weighted by Gasteiger charge is 2.35. The van der Waals surface area contributed by atoms with Crippen molar-refractivity contribution in [2.75, 3.05) is 14.2 Å². The van der Waals surface area contributed by atoms with Crippen LogP contribution in [-0.2, 0) is 15.1 Å². The van der Waals surface area contributed by atoms with E-state index in [1.165, 1.54) is 19.4 Å². The number of aromatic nitrogens is 1. The van der Waals surface area contributed by atoms with Gasteiger partial charge in [0.15, 0.2) is 0 Å². The van der Waals surface area contributed by atoms with E-state index in [1.54, 1.807) is 14.0 Å². The second kappa shape index (κ2) is 4.35. The summed E-state index contributed by atoms with van der Waals surface area (Å²) in [6.45, 7) is 1.61. The predicted octanol–water partition coefficient (Wildman–Crippen LogP) is 0.828. The summed E-state index contributed by atoms with van der Waals surface area (Å²) in [7, 11) is 2.88. The maximum Gasteiger partial charge on any atom is 0.330 e. The summed E-state index contributed by atoms with van der Waals surface area (Å²) >= 11 is 0. The van der Waals surface area contributed by atoms with Gasteiger partial charge in [-0.1, -0.05) is 0 Å². The molecule has 1 aromatic heterocycles. The number of halogens is 1. The second-order valence-corrected chi connectivity index (χ2v) is 3.26. The van der Waals surface area contributed by atoms with Crippen molar-refractivity contribution >= 4 is 5.97 Å². The number of carbonyl (C=O) groups excluding carboxylic acids is 1. The smallest absolute Gasteiger partial charge is 0.330 e. The van der Waals surface area contributed by atoms with Crippen LogP contribution in [-0.4, -0.2) is 25.1 Å². The number of carbonyl (C=O) groups is 1. The molecule has 0 saturated carbocycles. The number of hydrogen-bond acceptors (Lipinski definition) is 4. The molecule has 1 unspecified atom stereocenters. The fourth-order valence-electron chi connectivity index (χ4n) is 1.25. The molecule has 0 amide bonds. The van der Waals surface area contributed by atoms with Gasteiger partial charge in [-0.05, 0) is 20.0 Å². The molecule has 0 spiro atoms. The number of rotatable bonds is 3. The first kappa shape index (κ1) is 11.6. The van der Waals surface area contributed by atoms with Crippen molar-refractivity contribution in [3.8, 4) is 0 Å². The molecule has 0 saturated heterocycles. The van der Waals surface area contributed by atoms with Crippen LogP contribution in [0.15, 0.2) is 18.5 Å². The van der Waals surface area contributed by atoms with Crippen LogP contribution in [0.4, 0.5) is 4.39 Å². The average Bonchev–Trinajstić information content (AvgIpc) is 2.26. The molecule has 4 nitrogen and oxygen atoms in total. The fraction of sp³-hybridized carbons (Fsp3) is 0.400. The fourth-order valence-corrected chi connectivity index (χ4v) is 1.25. The first-order chi connectivity index (χ1) is 7.04. The van der Waals surface area contributed by atoms with Crippen molar-refractivity contribution in [1.29, 1.82) is 0 Å². The molecule has 1 atom stereocenters. The van der Waals surface area contributed by atoms with Gasteiger partial charge in [0.1, 0.15) is 11.4 Å². The number of ether oxygens (including phenoxy) is 1. The van der Waals surface area contributed by atoms with Crippen molar-refractivity contribution in [2.45, 2.75) is 12.5 Å². The summed E-state index contributed by atoms with van der Waals surface area (Å²) in [6, 6.07) is 1.25.